The van der Waals surface area contributed by atoms with Crippen molar-refractivity contribution < 1.29 is 0 Å². The molecule has 6 heteroatoms. The minimum absolute atomic E-state index is 0.439. The lowest BCUT2D eigenvalue weighted by molar-refractivity contribution is 0.815. The van der Waals surface area contributed by atoms with Crippen LogP contribution < -0.4 is 5.73 Å². The van der Waals surface area contributed by atoms with Crippen molar-refractivity contribution in [1.29, 1.82) is 0 Å². The maximum atomic E-state index is 5.84. The Kier molecular flexibility index (Phi) is 4.35. The third kappa shape index (κ3) is 2.81. The molecule has 0 unspecified atom stereocenters. The highest BCUT2D eigenvalue weighted by molar-refractivity contribution is 7.99. The van der Waals surface area contributed by atoms with Crippen LogP contribution in [0.3, 0.4) is 0 Å². The van der Waals surface area contributed by atoms with E-state index in [2.05, 4.69) is 20.2 Å². The Balaban J connectivity index is 2.43. The molecule has 0 spiro atoms. The van der Waals surface area contributed by atoms with Crippen molar-refractivity contribution >= 4 is 11.8 Å². The van der Waals surface area contributed by atoms with E-state index < -0.39 is 0 Å². The molecule has 106 valence electrons. The van der Waals surface area contributed by atoms with Crippen molar-refractivity contribution in [1.82, 2.24) is 20.2 Å². The first kappa shape index (κ1) is 14.9. The summed E-state index contributed by atoms with van der Waals surface area (Å²) in [5, 5.41) is 9.89. The molecule has 0 atom stereocenters. The largest absolute Gasteiger partial charge is 0.326 e. The molecule has 2 aromatic heterocycles. The van der Waals surface area contributed by atoms with Crippen molar-refractivity contribution in [2.45, 2.75) is 51.3 Å². The van der Waals surface area contributed by atoms with E-state index in [1.807, 2.05) is 34.6 Å². The summed E-state index contributed by atoms with van der Waals surface area (Å²) >= 11 is 1.42. The number of aryl methyl sites for hydroxylation is 3. The second kappa shape index (κ2) is 5.85. The second-order valence-corrected chi connectivity index (χ2v) is 5.76. The Morgan fingerprint density at radius 3 is 2.00 bits per heavy atom. The monoisotopic (exact) mass is 289 g/mol. The average Bonchev–Trinajstić information content (AvgIpc) is 2.40. The van der Waals surface area contributed by atoms with Crippen LogP contribution in [0.4, 0.5) is 0 Å². The molecule has 0 amide bonds. The Hall–Kier alpha value is -1.53. The van der Waals surface area contributed by atoms with Gasteiger partial charge in [-0.15, -0.1) is 5.10 Å². The normalized spacial score (nSPS) is 10.9. The summed E-state index contributed by atoms with van der Waals surface area (Å²) in [6.45, 7) is 10.4. The Labute approximate surface area is 123 Å². The van der Waals surface area contributed by atoms with Gasteiger partial charge in [-0.3, -0.25) is 0 Å². The predicted molar refractivity (Wildman–Crippen MR) is 79.8 cm³/mol. The van der Waals surface area contributed by atoms with Crippen molar-refractivity contribution in [3.63, 3.8) is 0 Å². The molecule has 0 radical (unpaired) electrons. The Morgan fingerprint density at radius 2 is 1.45 bits per heavy atom. The van der Waals surface area contributed by atoms with Crippen LogP contribution in [-0.2, 0) is 6.54 Å². The molecule has 0 aliphatic rings. The van der Waals surface area contributed by atoms with Gasteiger partial charge in [0.25, 0.3) is 0 Å². The fourth-order valence-corrected chi connectivity index (χ4v) is 2.81. The van der Waals surface area contributed by atoms with Gasteiger partial charge in [-0.1, -0.05) is 0 Å². The minimum Gasteiger partial charge on any atom is -0.326 e. The van der Waals surface area contributed by atoms with Gasteiger partial charge in [-0.25, -0.2) is 9.97 Å². The third-order valence-corrected chi connectivity index (χ3v) is 4.44. The molecule has 2 N–H and O–H groups in total. The summed E-state index contributed by atoms with van der Waals surface area (Å²) in [6.07, 6.45) is 0. The van der Waals surface area contributed by atoms with Crippen molar-refractivity contribution in [2.75, 3.05) is 0 Å². The van der Waals surface area contributed by atoms with E-state index in [-0.39, 0.29) is 0 Å². The number of nitrogens with two attached hydrogens (primary N) is 1. The van der Waals surface area contributed by atoms with Crippen molar-refractivity contribution in [2.24, 2.45) is 5.73 Å². The molecular formula is C14H19N5S. The van der Waals surface area contributed by atoms with Gasteiger partial charge in [-0.05, 0) is 57.5 Å². The van der Waals surface area contributed by atoms with Crippen LogP contribution in [0.25, 0.3) is 0 Å². The molecule has 0 aliphatic carbocycles. The number of nitrogens with zero attached hydrogens (tertiary/aromatic N) is 4. The molecular weight excluding hydrogens is 270 g/mol. The summed E-state index contributed by atoms with van der Waals surface area (Å²) < 4.78 is 0. The minimum atomic E-state index is 0.439. The van der Waals surface area contributed by atoms with E-state index in [1.54, 1.807) is 0 Å². The first-order chi connectivity index (χ1) is 9.43. The Bertz CT molecular complexity index is 631. The van der Waals surface area contributed by atoms with E-state index in [0.717, 1.165) is 38.8 Å². The van der Waals surface area contributed by atoms with Gasteiger partial charge < -0.3 is 5.73 Å². The highest BCUT2D eigenvalue weighted by Crippen LogP contribution is 2.28. The molecule has 2 heterocycles. The summed E-state index contributed by atoms with van der Waals surface area (Å²) in [7, 11) is 0. The molecule has 5 nitrogen and oxygen atoms in total. The number of aromatic nitrogens is 4. The van der Waals surface area contributed by atoms with Crippen LogP contribution in [0.2, 0.25) is 0 Å². The van der Waals surface area contributed by atoms with Gasteiger partial charge in [0.05, 0.1) is 5.69 Å². The van der Waals surface area contributed by atoms with Gasteiger partial charge in [0, 0.05) is 23.5 Å². The lowest BCUT2D eigenvalue weighted by Crippen LogP contribution is -2.07. The lowest BCUT2D eigenvalue weighted by Gasteiger charge is -2.11. The molecule has 0 fully saturated rings. The quantitative estimate of drug-likeness (QED) is 0.874. The molecule has 2 aromatic rings. The van der Waals surface area contributed by atoms with Crippen LogP contribution >= 0.6 is 11.8 Å². The average molecular weight is 289 g/mol. The zero-order valence-corrected chi connectivity index (χ0v) is 13.3. The Morgan fingerprint density at radius 1 is 0.850 bits per heavy atom. The summed E-state index contributed by atoms with van der Waals surface area (Å²) in [4.78, 5) is 9.00. The fourth-order valence-electron chi connectivity index (χ4n) is 1.83. The highest BCUT2D eigenvalue weighted by atomic mass is 32.2. The predicted octanol–water partition coefficient (Wildman–Crippen LogP) is 2.42. The van der Waals surface area contributed by atoms with Crippen LogP contribution in [-0.4, -0.2) is 20.2 Å². The van der Waals surface area contributed by atoms with Gasteiger partial charge in [-0.2, -0.15) is 5.10 Å². The smallest absolute Gasteiger partial charge is 0.194 e. The lowest BCUT2D eigenvalue weighted by atomic mass is 10.1. The van der Waals surface area contributed by atoms with Crippen LogP contribution in [0, 0.1) is 34.6 Å². The van der Waals surface area contributed by atoms with Crippen molar-refractivity contribution in [3.05, 3.63) is 33.8 Å². The van der Waals surface area contributed by atoms with E-state index in [4.69, 9.17) is 5.73 Å². The summed E-state index contributed by atoms with van der Waals surface area (Å²) in [6, 6.07) is 0. The maximum absolute atomic E-state index is 5.84. The van der Waals surface area contributed by atoms with E-state index in [9.17, 15) is 0 Å². The third-order valence-electron chi connectivity index (χ3n) is 3.55. The molecule has 0 bridgehead atoms. The van der Waals surface area contributed by atoms with E-state index in [1.165, 1.54) is 11.8 Å². The topological polar surface area (TPSA) is 77.6 Å². The molecule has 0 aromatic carbocycles. The fraction of sp³-hybridized carbons (Fsp3) is 0.429. The van der Waals surface area contributed by atoms with E-state index in [0.29, 0.717) is 11.7 Å². The van der Waals surface area contributed by atoms with Gasteiger partial charge in [0.1, 0.15) is 5.03 Å². The number of hydrogen-bond donors (Lipinski definition) is 1. The molecule has 0 saturated heterocycles. The van der Waals surface area contributed by atoms with E-state index >= 15 is 0 Å². The first-order valence-electron chi connectivity index (χ1n) is 6.46. The molecule has 20 heavy (non-hydrogen) atoms. The number of hydrogen-bond acceptors (Lipinski definition) is 6. The van der Waals surface area contributed by atoms with Crippen LogP contribution in [0.5, 0.6) is 0 Å². The molecule has 0 saturated carbocycles. The van der Waals surface area contributed by atoms with Gasteiger partial charge >= 0.3 is 0 Å². The molecule has 2 rings (SSSR count). The summed E-state index contributed by atoms with van der Waals surface area (Å²) in [5.41, 5.74) is 12.0. The number of rotatable bonds is 3. The SMILES string of the molecule is Cc1nc(Sc2nnc(C)c(C)c2CN)nc(C)c1C. The zero-order chi connectivity index (χ0) is 14.9. The molecule has 0 aliphatic heterocycles. The maximum Gasteiger partial charge on any atom is 0.194 e. The van der Waals surface area contributed by atoms with Crippen LogP contribution in [0.15, 0.2) is 10.2 Å². The van der Waals surface area contributed by atoms with Gasteiger partial charge in [0.2, 0.25) is 0 Å². The standard InChI is InChI=1S/C14H19N5S/c1-7-9(3)16-14(17-10(7)4)20-13-12(6-15)8(2)11(5)18-19-13/h6,15H2,1-5H3. The zero-order valence-electron chi connectivity index (χ0n) is 12.5. The van der Waals surface area contributed by atoms with Gasteiger partial charge in [0.15, 0.2) is 5.16 Å². The van der Waals surface area contributed by atoms with Crippen LogP contribution in [0.1, 0.15) is 33.8 Å². The first-order valence-corrected chi connectivity index (χ1v) is 7.28. The van der Waals surface area contributed by atoms with Crippen molar-refractivity contribution in [3.8, 4) is 0 Å². The second-order valence-electron chi connectivity index (χ2n) is 4.80. The summed E-state index contributed by atoms with van der Waals surface area (Å²) in [5.74, 6) is 0. The highest BCUT2D eigenvalue weighted by Gasteiger charge is 2.14.